The van der Waals surface area contributed by atoms with E-state index in [4.69, 9.17) is 0 Å². The van der Waals surface area contributed by atoms with Gasteiger partial charge in [0.05, 0.1) is 12.1 Å². The maximum absolute atomic E-state index is 13.3. The molecular formula is C25H22INO3. The van der Waals surface area contributed by atoms with Gasteiger partial charge in [-0.05, 0) is 59.2 Å². The number of hydrogen-bond donors (Lipinski definition) is 1. The van der Waals surface area contributed by atoms with Gasteiger partial charge >= 0.3 is 0 Å². The van der Waals surface area contributed by atoms with Gasteiger partial charge in [0, 0.05) is 21.2 Å². The molecule has 0 fully saturated rings. The molecule has 0 aromatic heterocycles. The van der Waals surface area contributed by atoms with Crippen molar-refractivity contribution < 1.29 is 14.7 Å². The summed E-state index contributed by atoms with van der Waals surface area (Å²) in [5, 5.41) is 11.4. The van der Waals surface area contributed by atoms with Crippen LogP contribution in [-0.2, 0) is 16.8 Å². The minimum absolute atomic E-state index is 0.247. The van der Waals surface area contributed by atoms with Crippen molar-refractivity contribution in [2.75, 3.05) is 11.4 Å². The summed E-state index contributed by atoms with van der Waals surface area (Å²) in [5.41, 5.74) is 1.07. The summed E-state index contributed by atoms with van der Waals surface area (Å²) in [4.78, 5) is 27.7. The van der Waals surface area contributed by atoms with Crippen molar-refractivity contribution in [3.05, 3.63) is 99.1 Å². The number of amides is 1. The summed E-state index contributed by atoms with van der Waals surface area (Å²) in [5.74, 6) is -0.668. The predicted molar refractivity (Wildman–Crippen MR) is 126 cm³/mol. The molecule has 1 aliphatic heterocycles. The van der Waals surface area contributed by atoms with Gasteiger partial charge in [-0.25, -0.2) is 0 Å². The lowest BCUT2D eigenvalue weighted by Gasteiger charge is -2.23. The smallest absolute Gasteiger partial charge is 0.264 e. The molecule has 4 rings (SSSR count). The van der Waals surface area contributed by atoms with Crippen LogP contribution in [0.3, 0.4) is 0 Å². The summed E-state index contributed by atoms with van der Waals surface area (Å²) in [6.07, 6.45) is 1.34. The molecule has 1 N–H and O–H groups in total. The normalized spacial score (nSPS) is 17.8. The number of para-hydroxylation sites is 1. The SMILES string of the molecule is O=C(CC1(O)C(=O)N(CCCc2ccccc2)c2ccccc21)c1ccc(I)cc1. The molecule has 5 heteroatoms. The van der Waals surface area contributed by atoms with Crippen LogP contribution in [0.2, 0.25) is 0 Å². The van der Waals surface area contributed by atoms with Gasteiger partial charge in [0.2, 0.25) is 0 Å². The molecule has 0 radical (unpaired) electrons. The number of fused-ring (bicyclic) bond motifs is 1. The maximum Gasteiger partial charge on any atom is 0.264 e. The largest absolute Gasteiger partial charge is 0.375 e. The maximum atomic E-state index is 13.3. The third kappa shape index (κ3) is 4.04. The van der Waals surface area contributed by atoms with E-state index in [1.807, 2.05) is 42.5 Å². The molecule has 3 aromatic carbocycles. The van der Waals surface area contributed by atoms with E-state index in [2.05, 4.69) is 34.7 Å². The van der Waals surface area contributed by atoms with Crippen molar-refractivity contribution in [2.45, 2.75) is 24.9 Å². The number of rotatable bonds is 7. The molecule has 1 heterocycles. The molecule has 3 aromatic rings. The lowest BCUT2D eigenvalue weighted by atomic mass is 9.88. The van der Waals surface area contributed by atoms with Crippen molar-refractivity contribution in [3.63, 3.8) is 0 Å². The van der Waals surface area contributed by atoms with Crippen molar-refractivity contribution in [3.8, 4) is 0 Å². The minimum atomic E-state index is -1.83. The molecule has 1 aliphatic rings. The zero-order chi connectivity index (χ0) is 21.1. The van der Waals surface area contributed by atoms with E-state index in [1.165, 1.54) is 5.56 Å². The second-order valence-corrected chi connectivity index (χ2v) is 8.78. The fourth-order valence-electron chi connectivity index (χ4n) is 3.96. The van der Waals surface area contributed by atoms with E-state index in [0.717, 1.165) is 16.4 Å². The number of carbonyl (C=O) groups excluding carboxylic acids is 2. The summed E-state index contributed by atoms with van der Waals surface area (Å²) in [6.45, 7) is 0.491. The monoisotopic (exact) mass is 511 g/mol. The van der Waals surface area contributed by atoms with E-state index in [0.29, 0.717) is 23.4 Å². The van der Waals surface area contributed by atoms with Crippen molar-refractivity contribution in [1.29, 1.82) is 0 Å². The van der Waals surface area contributed by atoms with Crippen LogP contribution in [0, 0.1) is 3.57 Å². The average Bonchev–Trinajstić information content (AvgIpc) is 2.97. The second kappa shape index (κ2) is 8.70. The molecule has 0 aliphatic carbocycles. The third-order valence-corrected chi connectivity index (χ3v) is 6.23. The first-order valence-electron chi connectivity index (χ1n) is 9.95. The number of aryl methyl sites for hydroxylation is 1. The van der Waals surface area contributed by atoms with E-state index >= 15 is 0 Å². The van der Waals surface area contributed by atoms with Crippen LogP contribution in [-0.4, -0.2) is 23.3 Å². The third-order valence-electron chi connectivity index (χ3n) is 5.51. The molecule has 0 bridgehead atoms. The first-order valence-corrected chi connectivity index (χ1v) is 11.0. The van der Waals surface area contributed by atoms with Gasteiger partial charge in [-0.2, -0.15) is 0 Å². The standard InChI is InChI=1S/C25H22INO3/c26-20-14-12-19(13-15-20)23(28)17-25(30)21-10-4-5-11-22(21)27(24(25)29)16-6-9-18-7-2-1-3-8-18/h1-5,7-8,10-15,30H,6,9,16-17H2. The van der Waals surface area contributed by atoms with Crippen LogP contribution in [0.4, 0.5) is 5.69 Å². The Bertz CT molecular complexity index is 1070. The van der Waals surface area contributed by atoms with Crippen LogP contribution in [0.1, 0.15) is 34.3 Å². The van der Waals surface area contributed by atoms with Crippen molar-refractivity contribution in [2.24, 2.45) is 0 Å². The Morgan fingerprint density at radius 1 is 0.933 bits per heavy atom. The molecule has 0 spiro atoms. The predicted octanol–water partition coefficient (Wildman–Crippen LogP) is 4.73. The van der Waals surface area contributed by atoms with Gasteiger partial charge in [-0.1, -0.05) is 60.7 Å². The zero-order valence-electron chi connectivity index (χ0n) is 16.4. The van der Waals surface area contributed by atoms with Gasteiger partial charge in [0.1, 0.15) is 0 Å². The van der Waals surface area contributed by atoms with E-state index in [-0.39, 0.29) is 12.2 Å². The number of Topliss-reactive ketones (excluding diaryl/α,β-unsaturated/α-hetero) is 1. The van der Waals surface area contributed by atoms with Gasteiger partial charge in [-0.15, -0.1) is 0 Å². The lowest BCUT2D eigenvalue weighted by molar-refractivity contribution is -0.135. The van der Waals surface area contributed by atoms with E-state index < -0.39 is 11.5 Å². The Hall–Kier alpha value is -2.51. The Labute approximate surface area is 189 Å². The van der Waals surface area contributed by atoms with E-state index in [9.17, 15) is 14.7 Å². The molecule has 152 valence electrons. The number of halogens is 1. The Morgan fingerprint density at radius 3 is 2.33 bits per heavy atom. The first-order chi connectivity index (χ1) is 14.5. The number of benzene rings is 3. The quantitative estimate of drug-likeness (QED) is 0.369. The fraction of sp³-hybridized carbons (Fsp3) is 0.200. The van der Waals surface area contributed by atoms with Gasteiger partial charge in [0.15, 0.2) is 11.4 Å². The number of ketones is 1. The highest BCUT2D eigenvalue weighted by atomic mass is 127. The average molecular weight is 511 g/mol. The number of anilines is 1. The van der Waals surface area contributed by atoms with Gasteiger partial charge in [0.25, 0.3) is 5.91 Å². The molecule has 0 saturated heterocycles. The Balaban J connectivity index is 1.54. The van der Waals surface area contributed by atoms with Crippen molar-refractivity contribution in [1.82, 2.24) is 0 Å². The highest BCUT2D eigenvalue weighted by Crippen LogP contribution is 2.43. The number of hydrogen-bond acceptors (Lipinski definition) is 3. The Kier molecular flexibility index (Phi) is 6.01. The fourth-order valence-corrected chi connectivity index (χ4v) is 4.32. The van der Waals surface area contributed by atoms with Crippen molar-refractivity contribution >= 4 is 40.0 Å². The zero-order valence-corrected chi connectivity index (χ0v) is 18.6. The Morgan fingerprint density at radius 2 is 1.60 bits per heavy atom. The van der Waals surface area contributed by atoms with E-state index in [1.54, 1.807) is 29.2 Å². The number of nitrogens with zero attached hydrogens (tertiary/aromatic N) is 1. The summed E-state index contributed by atoms with van der Waals surface area (Å²) in [6, 6.07) is 24.5. The van der Waals surface area contributed by atoms with Crippen LogP contribution in [0.25, 0.3) is 0 Å². The minimum Gasteiger partial charge on any atom is -0.375 e. The molecule has 30 heavy (non-hydrogen) atoms. The molecule has 0 saturated carbocycles. The second-order valence-electron chi connectivity index (χ2n) is 7.53. The summed E-state index contributed by atoms with van der Waals surface area (Å²) >= 11 is 2.17. The van der Waals surface area contributed by atoms with Crippen LogP contribution in [0.5, 0.6) is 0 Å². The summed E-state index contributed by atoms with van der Waals surface area (Å²) in [7, 11) is 0. The molecule has 4 nitrogen and oxygen atoms in total. The molecule has 1 atom stereocenters. The molecule has 1 unspecified atom stereocenters. The van der Waals surface area contributed by atoms with Gasteiger partial charge in [-0.3, -0.25) is 9.59 Å². The molecule has 1 amide bonds. The first kappa shape index (κ1) is 20.8. The topological polar surface area (TPSA) is 57.6 Å². The van der Waals surface area contributed by atoms with Crippen LogP contribution >= 0.6 is 22.6 Å². The lowest BCUT2D eigenvalue weighted by Crippen LogP contribution is -2.42. The highest BCUT2D eigenvalue weighted by Gasteiger charge is 2.50. The van der Waals surface area contributed by atoms with Crippen LogP contribution in [0.15, 0.2) is 78.9 Å². The molecular weight excluding hydrogens is 489 g/mol. The number of aliphatic hydroxyl groups is 1. The number of carbonyl (C=O) groups is 2. The van der Waals surface area contributed by atoms with Gasteiger partial charge < -0.3 is 10.0 Å². The highest BCUT2D eigenvalue weighted by molar-refractivity contribution is 14.1. The van der Waals surface area contributed by atoms with Crippen LogP contribution < -0.4 is 4.90 Å². The summed E-state index contributed by atoms with van der Waals surface area (Å²) < 4.78 is 1.02.